The third-order valence-electron chi connectivity index (χ3n) is 3.87. The van der Waals surface area contributed by atoms with Crippen LogP contribution in [-0.4, -0.2) is 36.3 Å². The Morgan fingerprint density at radius 1 is 0.857 bits per heavy atom. The number of hydrogen-bond acceptors (Lipinski definition) is 6. The van der Waals surface area contributed by atoms with Crippen molar-refractivity contribution in [3.8, 4) is 22.6 Å². The highest BCUT2D eigenvalue weighted by atomic mass is 16.6. The lowest BCUT2D eigenvalue weighted by atomic mass is 9.80. The quantitative estimate of drug-likeness (QED) is 0.400. The molecule has 0 aliphatic carbocycles. The number of ether oxygens (including phenoxy) is 2. The summed E-state index contributed by atoms with van der Waals surface area (Å²) in [5.41, 5.74) is 1.90. The molecule has 8 heteroatoms. The molecule has 0 spiro atoms. The molecule has 0 radical (unpaired) electrons. The number of rotatable bonds is 5. The number of hydrogen-bond donors (Lipinski definition) is 2. The van der Waals surface area contributed by atoms with E-state index in [2.05, 4.69) is 0 Å². The van der Waals surface area contributed by atoms with E-state index in [1.165, 1.54) is 13.2 Å². The van der Waals surface area contributed by atoms with Crippen LogP contribution in [0.5, 0.6) is 11.5 Å². The number of nitro benzene ring substituents is 1. The van der Waals surface area contributed by atoms with Gasteiger partial charge in [-0.05, 0) is 41.4 Å². The van der Waals surface area contributed by atoms with E-state index in [0.717, 1.165) is 5.56 Å². The van der Waals surface area contributed by atoms with Crippen LogP contribution in [0.25, 0.3) is 11.1 Å². The third kappa shape index (κ3) is 5.57. The summed E-state index contributed by atoms with van der Waals surface area (Å²) in [5, 5.41) is 28.4. The Morgan fingerprint density at radius 3 is 2.07 bits per heavy atom. The summed E-state index contributed by atoms with van der Waals surface area (Å²) in [6.45, 7) is 0. The second-order valence-corrected chi connectivity index (χ2v) is 5.66. The molecule has 0 saturated heterocycles. The fraction of sp³-hybridized carbons (Fsp3) is 0.100. The van der Waals surface area contributed by atoms with Gasteiger partial charge in [0.1, 0.15) is 11.5 Å². The van der Waals surface area contributed by atoms with Crippen molar-refractivity contribution in [2.75, 3.05) is 14.2 Å². The minimum atomic E-state index is -1.43. The summed E-state index contributed by atoms with van der Waals surface area (Å²) in [5.74, 6) is 1.30. The van der Waals surface area contributed by atoms with E-state index in [4.69, 9.17) is 19.5 Å². The van der Waals surface area contributed by atoms with Crippen LogP contribution in [0.4, 0.5) is 5.69 Å². The maximum absolute atomic E-state index is 10.9. The van der Waals surface area contributed by atoms with Crippen LogP contribution in [0.3, 0.4) is 0 Å². The largest absolute Gasteiger partial charge is 0.497 e. The zero-order valence-corrected chi connectivity index (χ0v) is 15.5. The zero-order chi connectivity index (χ0) is 20.5. The average molecular weight is 381 g/mol. The van der Waals surface area contributed by atoms with E-state index >= 15 is 0 Å². The molecule has 7 nitrogen and oxygen atoms in total. The van der Waals surface area contributed by atoms with Crippen molar-refractivity contribution in [2.24, 2.45) is 0 Å². The molecule has 3 rings (SSSR count). The molecule has 0 fully saturated rings. The predicted octanol–water partition coefficient (Wildman–Crippen LogP) is 2.65. The second kappa shape index (κ2) is 10.1. The summed E-state index contributed by atoms with van der Waals surface area (Å²) in [7, 11) is 1.67. The lowest BCUT2D eigenvalue weighted by Crippen LogP contribution is -2.29. The van der Waals surface area contributed by atoms with Gasteiger partial charge in [0, 0.05) is 6.07 Å². The monoisotopic (exact) mass is 381 g/mol. The van der Waals surface area contributed by atoms with Gasteiger partial charge in [0.2, 0.25) is 0 Å². The lowest BCUT2D eigenvalue weighted by molar-refractivity contribution is -0.384. The van der Waals surface area contributed by atoms with Gasteiger partial charge >= 0.3 is 7.12 Å². The van der Waals surface area contributed by atoms with E-state index in [-0.39, 0.29) is 10.6 Å². The summed E-state index contributed by atoms with van der Waals surface area (Å²) < 4.78 is 9.99. The summed E-state index contributed by atoms with van der Waals surface area (Å²) in [6, 6.07) is 20.5. The van der Waals surface area contributed by atoms with Gasteiger partial charge in [0.05, 0.1) is 24.7 Å². The van der Waals surface area contributed by atoms with E-state index in [9.17, 15) is 10.1 Å². The Balaban J connectivity index is 0.000000221. The minimum Gasteiger partial charge on any atom is -0.497 e. The molecule has 0 aromatic heterocycles. The number of para-hydroxylation sites is 1. The van der Waals surface area contributed by atoms with Gasteiger partial charge in [0.25, 0.3) is 5.69 Å². The molecule has 0 aliphatic heterocycles. The highest BCUT2D eigenvalue weighted by Gasteiger charge is 2.14. The Morgan fingerprint density at radius 2 is 1.46 bits per heavy atom. The van der Waals surface area contributed by atoms with Gasteiger partial charge in [-0.3, -0.25) is 10.1 Å². The highest BCUT2D eigenvalue weighted by Crippen LogP contribution is 2.31. The molecule has 0 amide bonds. The Labute approximate surface area is 163 Å². The Hall–Kier alpha value is -3.36. The SMILES string of the molecule is COc1cccc(-c2ccccc2[N+](=O)[O-])c1.COc1cccc(B(O)O)c1. The van der Waals surface area contributed by atoms with Crippen LogP contribution >= 0.6 is 0 Å². The standard InChI is InChI=1S/C13H11NO3.C7H9BO3/c1-17-11-6-4-5-10(9-11)12-7-2-3-8-13(12)14(15)16;1-11-7-4-2-3-6(5-7)8(9)10/h2-9H,1H3;2-5,9-10H,1H3. The van der Waals surface area contributed by atoms with Crippen molar-refractivity contribution in [2.45, 2.75) is 0 Å². The first-order chi connectivity index (χ1) is 13.5. The van der Waals surface area contributed by atoms with Crippen molar-refractivity contribution in [3.63, 3.8) is 0 Å². The Bertz CT molecular complexity index is 932. The molecule has 0 atom stereocenters. The van der Waals surface area contributed by atoms with Crippen molar-refractivity contribution >= 4 is 18.3 Å². The number of nitrogens with zero attached hydrogens (tertiary/aromatic N) is 1. The molecule has 0 bridgehead atoms. The molecule has 28 heavy (non-hydrogen) atoms. The predicted molar refractivity (Wildman–Crippen MR) is 108 cm³/mol. The first-order valence-electron chi connectivity index (χ1n) is 8.34. The molecule has 0 aliphatic rings. The van der Waals surface area contributed by atoms with Gasteiger partial charge in [-0.25, -0.2) is 0 Å². The number of methoxy groups -OCH3 is 2. The van der Waals surface area contributed by atoms with Crippen molar-refractivity contribution in [1.29, 1.82) is 0 Å². The van der Waals surface area contributed by atoms with Gasteiger partial charge < -0.3 is 19.5 Å². The molecule has 144 valence electrons. The molecule has 0 heterocycles. The van der Waals surface area contributed by atoms with Crippen molar-refractivity contribution in [3.05, 3.63) is 82.9 Å². The normalized spacial score (nSPS) is 9.71. The third-order valence-corrected chi connectivity index (χ3v) is 3.87. The van der Waals surface area contributed by atoms with Gasteiger partial charge in [-0.15, -0.1) is 0 Å². The highest BCUT2D eigenvalue weighted by molar-refractivity contribution is 6.58. The van der Waals surface area contributed by atoms with Crippen LogP contribution < -0.4 is 14.9 Å². The van der Waals surface area contributed by atoms with E-state index in [1.54, 1.807) is 61.7 Å². The van der Waals surface area contributed by atoms with E-state index in [0.29, 0.717) is 22.5 Å². The first-order valence-corrected chi connectivity index (χ1v) is 8.34. The molecular weight excluding hydrogens is 361 g/mol. The zero-order valence-electron chi connectivity index (χ0n) is 15.5. The Kier molecular flexibility index (Phi) is 7.56. The van der Waals surface area contributed by atoms with Gasteiger partial charge in [-0.2, -0.15) is 0 Å². The topological polar surface area (TPSA) is 102 Å². The molecule has 2 N–H and O–H groups in total. The maximum Gasteiger partial charge on any atom is 0.488 e. The fourth-order valence-corrected chi connectivity index (χ4v) is 2.47. The van der Waals surface area contributed by atoms with E-state index in [1.807, 2.05) is 12.1 Å². The van der Waals surface area contributed by atoms with Gasteiger partial charge in [0.15, 0.2) is 0 Å². The molecule has 0 unspecified atom stereocenters. The second-order valence-electron chi connectivity index (χ2n) is 5.66. The van der Waals surface area contributed by atoms with Gasteiger partial charge in [-0.1, -0.05) is 36.4 Å². The van der Waals surface area contributed by atoms with Crippen LogP contribution in [0.2, 0.25) is 0 Å². The molecular formula is C20H20BNO6. The molecule has 0 saturated carbocycles. The lowest BCUT2D eigenvalue weighted by Gasteiger charge is -2.05. The minimum absolute atomic E-state index is 0.0979. The van der Waals surface area contributed by atoms with E-state index < -0.39 is 7.12 Å². The van der Waals surface area contributed by atoms with Crippen LogP contribution in [-0.2, 0) is 0 Å². The van der Waals surface area contributed by atoms with Crippen LogP contribution in [0.15, 0.2) is 72.8 Å². The summed E-state index contributed by atoms with van der Waals surface area (Å²) in [6.07, 6.45) is 0. The summed E-state index contributed by atoms with van der Waals surface area (Å²) >= 11 is 0. The van der Waals surface area contributed by atoms with Crippen molar-refractivity contribution < 1.29 is 24.4 Å². The first kappa shape index (κ1) is 21.0. The molecule has 3 aromatic rings. The average Bonchev–Trinajstić information content (AvgIpc) is 2.74. The smallest absolute Gasteiger partial charge is 0.488 e. The molecule has 3 aromatic carbocycles. The fourth-order valence-electron chi connectivity index (χ4n) is 2.47. The summed E-state index contributed by atoms with van der Waals surface area (Å²) in [4.78, 5) is 10.5. The number of benzene rings is 3. The van der Waals surface area contributed by atoms with Crippen LogP contribution in [0.1, 0.15) is 0 Å². The number of nitro groups is 1. The van der Waals surface area contributed by atoms with Crippen molar-refractivity contribution in [1.82, 2.24) is 0 Å². The van der Waals surface area contributed by atoms with Crippen LogP contribution in [0, 0.1) is 10.1 Å². The maximum atomic E-state index is 10.9.